The molecule has 0 saturated carbocycles. The van der Waals surface area contributed by atoms with Crippen LogP contribution in [0.4, 0.5) is 0 Å². The van der Waals surface area contributed by atoms with Gasteiger partial charge in [-0.05, 0) is 63.3 Å². The Hall–Kier alpha value is -0.0400. The summed E-state index contributed by atoms with van der Waals surface area (Å²) in [6.07, 6.45) is 34.2. The number of hydrogen-bond donors (Lipinski definition) is 0. The van der Waals surface area contributed by atoms with E-state index in [1.165, 1.54) is 161 Å². The largest absolute Gasteiger partial charge is 0.298 e. The highest BCUT2D eigenvalue weighted by molar-refractivity contribution is 4.75. The van der Waals surface area contributed by atoms with Gasteiger partial charge in [-0.3, -0.25) is 4.90 Å². The van der Waals surface area contributed by atoms with Crippen molar-refractivity contribution < 1.29 is 0 Å². The van der Waals surface area contributed by atoms with E-state index in [4.69, 9.17) is 0 Å². The quantitative estimate of drug-likeness (QED) is 0.0921. The monoisotopic (exact) mass is 550 g/mol. The molecule has 2 atom stereocenters. The molecule has 0 fully saturated rings. The zero-order chi connectivity index (χ0) is 29.4. The van der Waals surface area contributed by atoms with E-state index in [2.05, 4.69) is 67.2 Å². The summed E-state index contributed by atoms with van der Waals surface area (Å²) in [7, 11) is 0. The van der Waals surface area contributed by atoms with Crippen LogP contribution in [-0.2, 0) is 0 Å². The van der Waals surface area contributed by atoms with Gasteiger partial charge in [-0.15, -0.1) is 0 Å². The van der Waals surface area contributed by atoms with E-state index in [-0.39, 0.29) is 0 Å². The third-order valence-corrected chi connectivity index (χ3v) is 9.00. The van der Waals surface area contributed by atoms with E-state index >= 15 is 0 Å². The molecule has 0 aliphatic carbocycles. The molecule has 236 valence electrons. The van der Waals surface area contributed by atoms with E-state index in [1.54, 1.807) is 0 Å². The van der Waals surface area contributed by atoms with Crippen LogP contribution in [-0.4, -0.2) is 23.5 Å². The summed E-state index contributed by atoms with van der Waals surface area (Å²) in [6, 6.07) is 1.51. The Labute approximate surface area is 250 Å². The van der Waals surface area contributed by atoms with Crippen LogP contribution in [0.15, 0.2) is 0 Å². The number of unbranched alkanes of at least 4 members (excludes halogenated alkanes) is 17. The fraction of sp³-hybridized carbons (Fsp3) is 1.00. The molecule has 0 bridgehead atoms. The second-order valence-electron chi connectivity index (χ2n) is 15.9. The molecule has 0 amide bonds. The zero-order valence-corrected chi connectivity index (χ0v) is 29.3. The van der Waals surface area contributed by atoms with Crippen molar-refractivity contribution in [1.29, 1.82) is 0 Å². The molecule has 0 aromatic heterocycles. The molecule has 0 aromatic carbocycles. The summed E-state index contributed by atoms with van der Waals surface area (Å²) in [6.45, 7) is 23.0. The second-order valence-corrected chi connectivity index (χ2v) is 15.9. The van der Waals surface area contributed by atoms with Crippen molar-refractivity contribution in [2.75, 3.05) is 6.54 Å². The summed E-state index contributed by atoms with van der Waals surface area (Å²) in [5.74, 6) is 0. The maximum absolute atomic E-state index is 2.92. The molecular weight excluding hydrogens is 470 g/mol. The molecule has 0 spiro atoms. The molecule has 0 aliphatic heterocycles. The van der Waals surface area contributed by atoms with E-state index in [1.807, 2.05) is 0 Å². The van der Waals surface area contributed by atoms with Crippen molar-refractivity contribution >= 4 is 0 Å². The van der Waals surface area contributed by atoms with Crippen LogP contribution in [0.3, 0.4) is 0 Å². The standard InChI is InChI=1S/C38H79N/c1-10-11-12-13-14-19-24-29-34-39(35(2)30-25-20-15-17-22-27-32-37(4,5)6)36(3)31-26-21-16-18-23-28-33-38(7,8)9/h35-36H,10-34H2,1-9H3. The summed E-state index contributed by atoms with van der Waals surface area (Å²) in [4.78, 5) is 2.92. The fourth-order valence-corrected chi connectivity index (χ4v) is 6.24. The van der Waals surface area contributed by atoms with Crippen molar-refractivity contribution in [3.63, 3.8) is 0 Å². The molecule has 2 unspecified atom stereocenters. The molecule has 39 heavy (non-hydrogen) atoms. The lowest BCUT2D eigenvalue weighted by molar-refractivity contribution is 0.132. The number of nitrogens with zero attached hydrogens (tertiary/aromatic N) is 1. The molecule has 0 rings (SSSR count). The first-order valence-electron chi connectivity index (χ1n) is 18.2. The molecule has 0 radical (unpaired) electrons. The first-order valence-corrected chi connectivity index (χ1v) is 18.2. The Morgan fingerprint density at radius 2 is 0.718 bits per heavy atom. The molecule has 0 N–H and O–H groups in total. The predicted molar refractivity (Wildman–Crippen MR) is 181 cm³/mol. The lowest BCUT2D eigenvalue weighted by Crippen LogP contribution is -2.41. The highest BCUT2D eigenvalue weighted by Gasteiger charge is 2.19. The topological polar surface area (TPSA) is 3.24 Å². The highest BCUT2D eigenvalue weighted by atomic mass is 15.2. The van der Waals surface area contributed by atoms with Crippen LogP contribution >= 0.6 is 0 Å². The van der Waals surface area contributed by atoms with Crippen LogP contribution in [0.2, 0.25) is 0 Å². The smallest absolute Gasteiger partial charge is 0.00697 e. The molecule has 0 aliphatic rings. The van der Waals surface area contributed by atoms with Crippen molar-refractivity contribution in [2.24, 2.45) is 10.8 Å². The van der Waals surface area contributed by atoms with Gasteiger partial charge in [0, 0.05) is 12.1 Å². The minimum atomic E-state index is 0.511. The van der Waals surface area contributed by atoms with Crippen molar-refractivity contribution in [2.45, 2.75) is 228 Å². The van der Waals surface area contributed by atoms with Crippen LogP contribution in [0.5, 0.6) is 0 Å². The second kappa shape index (κ2) is 24.5. The Morgan fingerprint density at radius 1 is 0.410 bits per heavy atom. The third kappa shape index (κ3) is 27.9. The van der Waals surface area contributed by atoms with Gasteiger partial charge in [0.1, 0.15) is 0 Å². The lowest BCUT2D eigenvalue weighted by Gasteiger charge is -2.35. The van der Waals surface area contributed by atoms with Gasteiger partial charge in [-0.2, -0.15) is 0 Å². The number of rotatable bonds is 27. The zero-order valence-electron chi connectivity index (χ0n) is 29.3. The molecule has 1 nitrogen and oxygen atoms in total. The van der Waals surface area contributed by atoms with E-state index in [9.17, 15) is 0 Å². The lowest BCUT2D eigenvalue weighted by atomic mass is 9.89. The minimum absolute atomic E-state index is 0.511. The van der Waals surface area contributed by atoms with Gasteiger partial charge in [-0.1, -0.05) is 170 Å². The summed E-state index contributed by atoms with van der Waals surface area (Å²) < 4.78 is 0. The van der Waals surface area contributed by atoms with Gasteiger partial charge in [0.15, 0.2) is 0 Å². The maximum atomic E-state index is 2.92. The summed E-state index contributed by atoms with van der Waals surface area (Å²) >= 11 is 0. The molecule has 0 saturated heterocycles. The van der Waals surface area contributed by atoms with Crippen LogP contribution in [0, 0.1) is 10.8 Å². The molecule has 1 heteroatoms. The molecule has 0 aromatic rings. The van der Waals surface area contributed by atoms with Gasteiger partial charge in [0.05, 0.1) is 0 Å². The molecule has 0 heterocycles. The maximum Gasteiger partial charge on any atom is 0.00697 e. The Balaban J connectivity index is 4.31. The summed E-state index contributed by atoms with van der Waals surface area (Å²) in [5.41, 5.74) is 1.02. The van der Waals surface area contributed by atoms with Crippen molar-refractivity contribution in [3.05, 3.63) is 0 Å². The van der Waals surface area contributed by atoms with Crippen LogP contribution in [0.1, 0.15) is 216 Å². The predicted octanol–water partition coefficient (Wildman–Crippen LogP) is 13.5. The Kier molecular flexibility index (Phi) is 24.5. The van der Waals surface area contributed by atoms with E-state index < -0.39 is 0 Å². The minimum Gasteiger partial charge on any atom is -0.298 e. The van der Waals surface area contributed by atoms with Crippen LogP contribution in [0.25, 0.3) is 0 Å². The van der Waals surface area contributed by atoms with Crippen molar-refractivity contribution in [1.82, 2.24) is 4.90 Å². The van der Waals surface area contributed by atoms with Gasteiger partial charge < -0.3 is 0 Å². The average molecular weight is 550 g/mol. The first-order chi connectivity index (χ1) is 18.5. The first kappa shape index (κ1) is 39.0. The fourth-order valence-electron chi connectivity index (χ4n) is 6.24. The van der Waals surface area contributed by atoms with Gasteiger partial charge in [0.25, 0.3) is 0 Å². The van der Waals surface area contributed by atoms with Gasteiger partial charge >= 0.3 is 0 Å². The van der Waals surface area contributed by atoms with E-state index in [0.717, 1.165) is 12.1 Å². The van der Waals surface area contributed by atoms with Crippen molar-refractivity contribution in [3.8, 4) is 0 Å². The van der Waals surface area contributed by atoms with Gasteiger partial charge in [0.2, 0.25) is 0 Å². The highest BCUT2D eigenvalue weighted by Crippen LogP contribution is 2.24. The Morgan fingerprint density at radius 3 is 1.08 bits per heavy atom. The average Bonchev–Trinajstić information content (AvgIpc) is 2.84. The normalized spacial score (nSPS) is 14.3. The van der Waals surface area contributed by atoms with E-state index in [0.29, 0.717) is 10.8 Å². The number of hydrogen-bond acceptors (Lipinski definition) is 1. The van der Waals surface area contributed by atoms with Gasteiger partial charge in [-0.25, -0.2) is 0 Å². The Bertz CT molecular complexity index is 460. The molecular formula is C38H79N. The third-order valence-electron chi connectivity index (χ3n) is 9.00. The summed E-state index contributed by atoms with van der Waals surface area (Å²) in [5, 5.41) is 0. The van der Waals surface area contributed by atoms with Crippen LogP contribution < -0.4 is 0 Å². The SMILES string of the molecule is CCCCCCCCCCN(C(C)CCCCCCCCC(C)(C)C)C(C)CCCCCCCCC(C)(C)C.